The molecule has 37 heavy (non-hydrogen) atoms. The van der Waals surface area contributed by atoms with Crippen molar-refractivity contribution < 1.29 is 18.4 Å². The van der Waals surface area contributed by atoms with E-state index < -0.39 is 48.1 Å². The van der Waals surface area contributed by atoms with Crippen molar-refractivity contribution >= 4 is 11.9 Å². The molecule has 2 atom stereocenters. The van der Waals surface area contributed by atoms with Gasteiger partial charge < -0.3 is 20.9 Å². The van der Waals surface area contributed by atoms with E-state index in [1.807, 2.05) is 0 Å². The summed E-state index contributed by atoms with van der Waals surface area (Å²) >= 11 is 0. The van der Waals surface area contributed by atoms with E-state index in [0.717, 1.165) is 25.9 Å². The van der Waals surface area contributed by atoms with Crippen LogP contribution < -0.4 is 11.1 Å². The number of piperidine rings is 2. The molecular weight excluding hydrogens is 476 g/mol. The number of benzene rings is 1. The van der Waals surface area contributed by atoms with Gasteiger partial charge in [-0.25, -0.2) is 13.6 Å². The van der Waals surface area contributed by atoms with Crippen molar-refractivity contribution in [3.8, 4) is 6.07 Å². The van der Waals surface area contributed by atoms with Gasteiger partial charge in [0, 0.05) is 37.9 Å². The number of carbonyl (C=O) groups is 2. The predicted molar refractivity (Wildman–Crippen MR) is 134 cm³/mol. The Morgan fingerprint density at radius 2 is 1.76 bits per heavy atom. The third-order valence-corrected chi connectivity index (χ3v) is 9.23. The summed E-state index contributed by atoms with van der Waals surface area (Å²) in [5.74, 6) is -5.10. The summed E-state index contributed by atoms with van der Waals surface area (Å²) in [5.41, 5.74) is 4.89. The summed E-state index contributed by atoms with van der Waals surface area (Å²) < 4.78 is 31.3. The van der Waals surface area contributed by atoms with E-state index >= 15 is 8.78 Å². The van der Waals surface area contributed by atoms with Gasteiger partial charge in [-0.15, -0.1) is 0 Å². The Bertz CT molecular complexity index is 1040. The summed E-state index contributed by atoms with van der Waals surface area (Å²) in [6, 6.07) is 10.8. The SMILES string of the molecule is N#CC1(NC(=O)[C@@H](CC(F)(F)Cc2ccccc2)C2CN(C(N)=O)CCC23CCN(C2CC2)CC3)CC1. The highest BCUT2D eigenvalue weighted by molar-refractivity contribution is 5.81. The first-order valence-corrected chi connectivity index (χ1v) is 13.6. The second-order valence-electron chi connectivity index (χ2n) is 11.8. The van der Waals surface area contributed by atoms with Crippen LogP contribution in [0.25, 0.3) is 0 Å². The number of amides is 3. The molecule has 3 amide bonds. The van der Waals surface area contributed by atoms with E-state index in [9.17, 15) is 14.9 Å². The average molecular weight is 514 g/mol. The molecule has 4 aliphatic rings. The minimum absolute atomic E-state index is 0.192. The first kappa shape index (κ1) is 25.9. The normalized spacial score (nSPS) is 25.8. The van der Waals surface area contributed by atoms with Crippen LogP contribution in [0.4, 0.5) is 13.6 Å². The fraction of sp³-hybridized carbons (Fsp3) is 0.679. The molecule has 3 N–H and O–H groups in total. The van der Waals surface area contributed by atoms with Crippen LogP contribution in [0.1, 0.15) is 56.9 Å². The Hall–Kier alpha value is -2.73. The lowest BCUT2D eigenvalue weighted by atomic mass is 9.59. The molecule has 1 aromatic rings. The van der Waals surface area contributed by atoms with Crippen LogP contribution in [0.5, 0.6) is 0 Å². The smallest absolute Gasteiger partial charge is 0.314 e. The van der Waals surface area contributed by atoms with Crippen LogP contribution in [0, 0.1) is 28.6 Å². The number of urea groups is 1. The van der Waals surface area contributed by atoms with Gasteiger partial charge in [-0.3, -0.25) is 4.79 Å². The molecule has 7 nitrogen and oxygen atoms in total. The molecule has 9 heteroatoms. The Balaban J connectivity index is 1.44. The summed E-state index contributed by atoms with van der Waals surface area (Å²) in [5, 5.41) is 12.4. The fourth-order valence-electron chi connectivity index (χ4n) is 6.64. The monoisotopic (exact) mass is 513 g/mol. The number of likely N-dealkylation sites (tertiary alicyclic amines) is 2. The van der Waals surface area contributed by atoms with Crippen molar-refractivity contribution in [3.63, 3.8) is 0 Å². The molecule has 1 spiro atoms. The van der Waals surface area contributed by atoms with Gasteiger partial charge in [0.25, 0.3) is 5.92 Å². The van der Waals surface area contributed by atoms with Crippen molar-refractivity contribution in [2.24, 2.45) is 23.0 Å². The molecule has 2 aliphatic carbocycles. The highest BCUT2D eigenvalue weighted by Gasteiger charge is 2.55. The van der Waals surface area contributed by atoms with Crippen LogP contribution in [0.3, 0.4) is 0 Å². The number of hydrogen-bond acceptors (Lipinski definition) is 4. The highest BCUT2D eigenvalue weighted by Crippen LogP contribution is 2.51. The van der Waals surface area contributed by atoms with E-state index in [-0.39, 0.29) is 12.0 Å². The summed E-state index contributed by atoms with van der Waals surface area (Å²) in [4.78, 5) is 29.9. The van der Waals surface area contributed by atoms with Gasteiger partial charge in [-0.05, 0) is 74.9 Å². The highest BCUT2D eigenvalue weighted by atomic mass is 19.3. The first-order chi connectivity index (χ1) is 17.6. The van der Waals surface area contributed by atoms with Crippen molar-refractivity contribution in [3.05, 3.63) is 35.9 Å². The maximum absolute atomic E-state index is 15.6. The molecule has 0 bridgehead atoms. The standard InChI is InChI=1S/C28H37F2N5O2/c29-28(30,16-20-4-2-1-3-5-20)17-22(24(36)33-27(19-31)8-9-27)23-18-35(25(32)37)15-12-26(23)10-13-34(14-11-26)21-6-7-21/h1-5,21-23H,6-18H2,(H2,32,37)(H,33,36)/t22-,23?/m0/s1. The van der Waals surface area contributed by atoms with Crippen LogP contribution in [0.15, 0.2) is 30.3 Å². The quantitative estimate of drug-likeness (QED) is 0.554. The Morgan fingerprint density at radius 3 is 2.32 bits per heavy atom. The second-order valence-corrected chi connectivity index (χ2v) is 11.8. The lowest BCUT2D eigenvalue weighted by Gasteiger charge is -2.54. The van der Waals surface area contributed by atoms with Gasteiger partial charge >= 0.3 is 6.03 Å². The van der Waals surface area contributed by atoms with E-state index in [1.165, 1.54) is 17.7 Å². The Morgan fingerprint density at radius 1 is 1.11 bits per heavy atom. The zero-order valence-corrected chi connectivity index (χ0v) is 21.3. The molecule has 2 saturated carbocycles. The maximum Gasteiger partial charge on any atom is 0.314 e. The molecule has 0 aromatic heterocycles. The van der Waals surface area contributed by atoms with Crippen LogP contribution in [-0.2, 0) is 11.2 Å². The maximum atomic E-state index is 15.6. The lowest BCUT2D eigenvalue weighted by Crippen LogP contribution is -2.59. The molecule has 2 heterocycles. The number of nitrogens with zero attached hydrogens (tertiary/aromatic N) is 3. The fourth-order valence-corrected chi connectivity index (χ4v) is 6.64. The van der Waals surface area contributed by atoms with E-state index in [2.05, 4.69) is 16.3 Å². The van der Waals surface area contributed by atoms with Crippen molar-refractivity contribution in [2.75, 3.05) is 26.2 Å². The largest absolute Gasteiger partial charge is 0.351 e. The van der Waals surface area contributed by atoms with Gasteiger partial charge in [0.2, 0.25) is 5.91 Å². The molecular formula is C28H37F2N5O2. The molecule has 5 rings (SSSR count). The van der Waals surface area contributed by atoms with Crippen LogP contribution in [0.2, 0.25) is 0 Å². The Kier molecular flexibility index (Phi) is 6.90. The molecule has 200 valence electrons. The minimum atomic E-state index is -3.13. The molecule has 4 fully saturated rings. The van der Waals surface area contributed by atoms with Crippen molar-refractivity contribution in [1.29, 1.82) is 5.26 Å². The van der Waals surface area contributed by atoms with E-state index in [0.29, 0.717) is 37.4 Å². The zero-order valence-electron chi connectivity index (χ0n) is 21.3. The average Bonchev–Trinajstić information content (AvgIpc) is 3.80. The number of rotatable bonds is 8. The Labute approximate surface area is 217 Å². The second kappa shape index (κ2) is 9.86. The number of nitrogens with two attached hydrogens (primary N) is 1. The van der Waals surface area contributed by atoms with Crippen LogP contribution in [-0.4, -0.2) is 65.4 Å². The van der Waals surface area contributed by atoms with E-state index in [1.54, 1.807) is 30.3 Å². The minimum Gasteiger partial charge on any atom is -0.351 e. The number of nitriles is 1. The van der Waals surface area contributed by atoms with Gasteiger partial charge in [-0.2, -0.15) is 5.26 Å². The third-order valence-electron chi connectivity index (χ3n) is 9.23. The number of carbonyl (C=O) groups excluding carboxylic acids is 2. The van der Waals surface area contributed by atoms with Crippen molar-refractivity contribution in [2.45, 2.75) is 75.3 Å². The number of nitrogens with one attached hydrogen (secondary N) is 1. The molecule has 2 saturated heterocycles. The molecule has 1 aromatic carbocycles. The van der Waals surface area contributed by atoms with Gasteiger partial charge in [-0.1, -0.05) is 30.3 Å². The first-order valence-electron chi connectivity index (χ1n) is 13.6. The number of primary amides is 1. The number of halogens is 2. The van der Waals surface area contributed by atoms with Crippen LogP contribution >= 0.6 is 0 Å². The number of alkyl halides is 2. The third kappa shape index (κ3) is 5.74. The topological polar surface area (TPSA) is 102 Å². The lowest BCUT2D eigenvalue weighted by molar-refractivity contribution is -0.139. The summed E-state index contributed by atoms with van der Waals surface area (Å²) in [6.45, 7) is 2.44. The zero-order chi connectivity index (χ0) is 26.3. The summed E-state index contributed by atoms with van der Waals surface area (Å²) in [6.07, 6.45) is 4.67. The van der Waals surface area contributed by atoms with E-state index in [4.69, 9.17) is 5.73 Å². The molecule has 1 unspecified atom stereocenters. The summed E-state index contributed by atoms with van der Waals surface area (Å²) in [7, 11) is 0. The van der Waals surface area contributed by atoms with Gasteiger partial charge in [0.15, 0.2) is 0 Å². The van der Waals surface area contributed by atoms with Crippen molar-refractivity contribution in [1.82, 2.24) is 15.1 Å². The molecule has 0 radical (unpaired) electrons. The van der Waals surface area contributed by atoms with Gasteiger partial charge in [0.1, 0.15) is 5.54 Å². The molecule has 2 aliphatic heterocycles. The van der Waals surface area contributed by atoms with Gasteiger partial charge in [0.05, 0.1) is 6.07 Å². The predicted octanol–water partition coefficient (Wildman–Crippen LogP) is 3.69. The number of hydrogen-bond donors (Lipinski definition) is 2.